The van der Waals surface area contributed by atoms with Crippen LogP contribution in [-0.4, -0.2) is 48.5 Å². The average Bonchev–Trinajstić information content (AvgIpc) is 3.57. The fraction of sp³-hybridized carbons (Fsp3) is 0.227. The molecule has 0 saturated heterocycles. The number of imidazole rings is 2. The quantitative estimate of drug-likeness (QED) is 0.295. The number of aromatic amines is 1. The summed E-state index contributed by atoms with van der Waals surface area (Å²) in [4.78, 5) is 32.9. The van der Waals surface area contributed by atoms with Crippen LogP contribution in [0, 0.1) is 0 Å². The number of hydrogen-bond acceptors (Lipinski definition) is 8. The lowest BCUT2D eigenvalue weighted by Crippen LogP contribution is -2.41. The van der Waals surface area contributed by atoms with E-state index in [0.29, 0.717) is 35.9 Å². The Bertz CT molecular complexity index is 1440. The molecule has 0 aliphatic rings. The maximum Gasteiger partial charge on any atom is 0.251 e. The van der Waals surface area contributed by atoms with Gasteiger partial charge in [0.05, 0.1) is 18.7 Å². The van der Waals surface area contributed by atoms with E-state index < -0.39 is 6.04 Å². The summed E-state index contributed by atoms with van der Waals surface area (Å²) in [7, 11) is 3.70. The van der Waals surface area contributed by atoms with E-state index in [-0.39, 0.29) is 5.91 Å². The molecule has 0 bridgehead atoms. The van der Waals surface area contributed by atoms with Gasteiger partial charge in [-0.15, -0.1) is 0 Å². The number of amides is 1. The van der Waals surface area contributed by atoms with Crippen molar-refractivity contribution in [3.63, 3.8) is 0 Å². The number of hydrogen-bond donors (Lipinski definition) is 4. The van der Waals surface area contributed by atoms with Gasteiger partial charge in [-0.1, -0.05) is 12.1 Å². The first-order chi connectivity index (χ1) is 16.0. The van der Waals surface area contributed by atoms with Crippen molar-refractivity contribution >= 4 is 34.0 Å². The minimum absolute atomic E-state index is 0.237. The van der Waals surface area contributed by atoms with Gasteiger partial charge in [0, 0.05) is 44.5 Å². The third-order valence-electron chi connectivity index (χ3n) is 5.42. The van der Waals surface area contributed by atoms with E-state index in [1.165, 1.54) is 0 Å². The van der Waals surface area contributed by atoms with E-state index in [2.05, 4.69) is 30.6 Å². The maximum atomic E-state index is 12.4. The van der Waals surface area contributed by atoms with Crippen LogP contribution < -0.4 is 16.4 Å². The zero-order chi connectivity index (χ0) is 22.9. The number of fused-ring (bicyclic) bond motifs is 3. The van der Waals surface area contributed by atoms with E-state index >= 15 is 0 Å². The normalized spacial score (nSPS) is 12.3. The predicted octanol–water partition coefficient (Wildman–Crippen LogP) is 1.73. The fourth-order valence-electron chi connectivity index (χ4n) is 3.74. The Labute approximate surface area is 188 Å². The number of aromatic nitrogens is 6. The number of nitrogens with one attached hydrogen (secondary N) is 3. The first-order valence-corrected chi connectivity index (χ1v) is 10.4. The molecular weight excluding hydrogens is 422 g/mol. The molecule has 4 aromatic heterocycles. The fourth-order valence-corrected chi connectivity index (χ4v) is 3.74. The van der Waals surface area contributed by atoms with E-state index in [1.54, 1.807) is 25.9 Å². The van der Waals surface area contributed by atoms with Crippen molar-refractivity contribution in [3.05, 3.63) is 54.4 Å². The summed E-state index contributed by atoms with van der Waals surface area (Å²) in [5.41, 5.74) is 11.1. The molecule has 0 fully saturated rings. The Hall–Kier alpha value is -4.25. The summed E-state index contributed by atoms with van der Waals surface area (Å²) >= 11 is 0. The Balaban J connectivity index is 1.37. The summed E-state index contributed by atoms with van der Waals surface area (Å²) in [6.07, 6.45) is 5.33. The minimum atomic E-state index is -0.667. The zero-order valence-electron chi connectivity index (χ0n) is 18.2. The summed E-state index contributed by atoms with van der Waals surface area (Å²) < 4.78 is 7.88. The number of benzene rings is 1. The van der Waals surface area contributed by atoms with E-state index in [0.717, 1.165) is 27.9 Å². The second kappa shape index (κ2) is 8.36. The number of anilines is 1. The highest BCUT2D eigenvalue weighted by Gasteiger charge is 2.19. The van der Waals surface area contributed by atoms with Crippen LogP contribution in [0.5, 0.6) is 0 Å². The molecule has 0 aliphatic carbocycles. The highest BCUT2D eigenvalue weighted by atomic mass is 16.4. The van der Waals surface area contributed by atoms with Gasteiger partial charge < -0.3 is 30.3 Å². The van der Waals surface area contributed by atoms with Gasteiger partial charge in [-0.2, -0.15) is 4.98 Å². The van der Waals surface area contributed by atoms with Crippen molar-refractivity contribution in [3.8, 4) is 11.5 Å². The van der Waals surface area contributed by atoms with Crippen molar-refractivity contribution in [1.29, 1.82) is 0 Å². The summed E-state index contributed by atoms with van der Waals surface area (Å²) in [5, 5.41) is 5.93. The molecule has 1 atom stereocenters. The number of aryl methyl sites for hydroxylation is 1. The van der Waals surface area contributed by atoms with Crippen LogP contribution in [-0.2, 0) is 24.8 Å². The smallest absolute Gasteiger partial charge is 0.251 e. The SMILES string of the molecule is CNc1nc2oc(-c3cccc(CNC(=O)[C@@H](N)Cc4cnc[nH]4)c3)nc2c2c1ncn2C. The van der Waals surface area contributed by atoms with E-state index in [9.17, 15) is 4.79 Å². The van der Waals surface area contributed by atoms with Gasteiger partial charge in [-0.3, -0.25) is 4.79 Å². The van der Waals surface area contributed by atoms with Gasteiger partial charge >= 0.3 is 0 Å². The second-order valence-electron chi connectivity index (χ2n) is 7.74. The summed E-state index contributed by atoms with van der Waals surface area (Å²) in [5.74, 6) is 0.834. The highest BCUT2D eigenvalue weighted by Crippen LogP contribution is 2.31. The van der Waals surface area contributed by atoms with E-state index in [1.807, 2.05) is 35.9 Å². The van der Waals surface area contributed by atoms with Crippen molar-refractivity contribution in [2.24, 2.45) is 12.8 Å². The first-order valence-electron chi connectivity index (χ1n) is 10.4. The molecule has 5 aromatic rings. The third kappa shape index (κ3) is 3.89. The zero-order valence-corrected chi connectivity index (χ0v) is 18.2. The van der Waals surface area contributed by atoms with Gasteiger partial charge in [0.1, 0.15) is 11.0 Å². The highest BCUT2D eigenvalue weighted by molar-refractivity contribution is 6.03. The number of nitrogens with zero attached hydrogens (tertiary/aromatic N) is 5. The number of nitrogens with two attached hydrogens (primary N) is 1. The number of rotatable bonds is 7. The molecule has 0 aliphatic heterocycles. The Morgan fingerprint density at radius 1 is 1.30 bits per heavy atom. The van der Waals surface area contributed by atoms with Crippen molar-refractivity contribution in [1.82, 2.24) is 34.8 Å². The number of carbonyl (C=O) groups is 1. The lowest BCUT2D eigenvalue weighted by Gasteiger charge is -2.11. The van der Waals surface area contributed by atoms with Crippen LogP contribution in [0.15, 0.2) is 47.5 Å². The molecule has 5 rings (SSSR count). The first kappa shape index (κ1) is 20.6. The van der Waals surface area contributed by atoms with Crippen molar-refractivity contribution in [2.75, 3.05) is 12.4 Å². The Morgan fingerprint density at radius 2 is 2.18 bits per heavy atom. The van der Waals surface area contributed by atoms with Gasteiger partial charge in [0.25, 0.3) is 5.71 Å². The number of oxazole rings is 1. The number of pyridine rings is 1. The minimum Gasteiger partial charge on any atom is -0.418 e. The average molecular weight is 445 g/mol. The molecule has 1 aromatic carbocycles. The van der Waals surface area contributed by atoms with Crippen molar-refractivity contribution < 1.29 is 9.21 Å². The molecular formula is C22H23N9O2. The maximum absolute atomic E-state index is 12.4. The second-order valence-corrected chi connectivity index (χ2v) is 7.74. The Morgan fingerprint density at radius 3 is 2.97 bits per heavy atom. The number of carbonyl (C=O) groups excluding carboxylic acids is 1. The molecule has 4 heterocycles. The van der Waals surface area contributed by atoms with Crippen LogP contribution >= 0.6 is 0 Å². The summed E-state index contributed by atoms with van der Waals surface area (Å²) in [6, 6.07) is 6.97. The van der Waals surface area contributed by atoms with Gasteiger partial charge in [0.15, 0.2) is 11.3 Å². The lowest BCUT2D eigenvalue weighted by molar-refractivity contribution is -0.122. The lowest BCUT2D eigenvalue weighted by atomic mass is 10.1. The molecule has 168 valence electrons. The monoisotopic (exact) mass is 445 g/mol. The molecule has 33 heavy (non-hydrogen) atoms. The van der Waals surface area contributed by atoms with Crippen molar-refractivity contribution in [2.45, 2.75) is 19.0 Å². The molecule has 11 nitrogen and oxygen atoms in total. The summed E-state index contributed by atoms with van der Waals surface area (Å²) in [6.45, 7) is 0.331. The molecule has 0 radical (unpaired) electrons. The molecule has 5 N–H and O–H groups in total. The predicted molar refractivity (Wildman–Crippen MR) is 123 cm³/mol. The molecule has 0 unspecified atom stereocenters. The molecule has 1 amide bonds. The van der Waals surface area contributed by atoms with Crippen LogP contribution in [0.25, 0.3) is 33.7 Å². The standard InChI is InChI=1S/C22H23N9O2/c1-24-19-16-18(31(2)11-28-16)17-22(30-19)33-21(29-17)13-5-3-4-12(6-13)8-26-20(32)15(23)7-14-9-25-10-27-14/h3-6,9-11,15H,7-8,23H2,1-2H3,(H,24,30)(H,25,27)(H,26,32)/t15-/m0/s1. The van der Waals surface area contributed by atoms with Gasteiger partial charge in [0.2, 0.25) is 11.8 Å². The van der Waals surface area contributed by atoms with Crippen LogP contribution in [0.2, 0.25) is 0 Å². The molecule has 11 heteroatoms. The van der Waals surface area contributed by atoms with Crippen LogP contribution in [0.1, 0.15) is 11.3 Å². The molecule has 0 spiro atoms. The van der Waals surface area contributed by atoms with Gasteiger partial charge in [-0.05, 0) is 17.7 Å². The van der Waals surface area contributed by atoms with Crippen LogP contribution in [0.3, 0.4) is 0 Å². The third-order valence-corrected chi connectivity index (χ3v) is 5.42. The van der Waals surface area contributed by atoms with E-state index in [4.69, 9.17) is 15.1 Å². The van der Waals surface area contributed by atoms with Crippen LogP contribution in [0.4, 0.5) is 5.82 Å². The number of H-pyrrole nitrogens is 1. The Kier molecular flexibility index (Phi) is 5.23. The molecule has 0 saturated carbocycles. The largest absolute Gasteiger partial charge is 0.418 e. The van der Waals surface area contributed by atoms with Gasteiger partial charge in [-0.25, -0.2) is 15.0 Å². The topological polar surface area (TPSA) is 153 Å².